The van der Waals surface area contributed by atoms with Crippen molar-refractivity contribution < 1.29 is 5.11 Å². The molecule has 3 heteroatoms. The van der Waals surface area contributed by atoms with Crippen molar-refractivity contribution in [1.29, 1.82) is 0 Å². The lowest BCUT2D eigenvalue weighted by molar-refractivity contribution is -0.0154. The van der Waals surface area contributed by atoms with Gasteiger partial charge in [0, 0.05) is 32.7 Å². The van der Waals surface area contributed by atoms with Crippen LogP contribution in [-0.2, 0) is 0 Å². The highest BCUT2D eigenvalue weighted by atomic mass is 16.3. The Morgan fingerprint density at radius 1 is 0.938 bits per heavy atom. The lowest BCUT2D eigenvalue weighted by Gasteiger charge is -2.39. The highest BCUT2D eigenvalue weighted by Gasteiger charge is 2.27. The van der Waals surface area contributed by atoms with Crippen LogP contribution in [0, 0.1) is 0 Å². The van der Waals surface area contributed by atoms with Crippen LogP contribution in [-0.4, -0.2) is 59.8 Å². The molecule has 0 aliphatic carbocycles. The predicted molar refractivity (Wildman–Crippen MR) is 68.7 cm³/mol. The molecule has 0 unspecified atom stereocenters. The van der Waals surface area contributed by atoms with E-state index in [1.54, 1.807) is 0 Å². The van der Waals surface area contributed by atoms with E-state index < -0.39 is 5.60 Å². The second kappa shape index (κ2) is 6.58. The Morgan fingerprint density at radius 2 is 1.44 bits per heavy atom. The molecular weight excluding hydrogens is 200 g/mol. The number of piperazine rings is 1. The van der Waals surface area contributed by atoms with Crippen LogP contribution in [0.1, 0.15) is 40.0 Å². The van der Waals surface area contributed by atoms with Crippen LogP contribution in [0.15, 0.2) is 0 Å². The highest BCUT2D eigenvalue weighted by Crippen LogP contribution is 2.17. The minimum Gasteiger partial charge on any atom is -0.389 e. The van der Waals surface area contributed by atoms with Gasteiger partial charge in [-0.3, -0.25) is 4.90 Å². The molecule has 1 saturated heterocycles. The summed E-state index contributed by atoms with van der Waals surface area (Å²) in [6.07, 6.45) is 2.96. The normalized spacial score (nSPS) is 20.2. The lowest BCUT2D eigenvalue weighted by atomic mass is 9.96. The largest absolute Gasteiger partial charge is 0.389 e. The van der Waals surface area contributed by atoms with Crippen molar-refractivity contribution in [2.24, 2.45) is 0 Å². The van der Waals surface area contributed by atoms with Gasteiger partial charge in [0.1, 0.15) is 0 Å². The summed E-state index contributed by atoms with van der Waals surface area (Å²) in [5.41, 5.74) is -0.465. The third kappa shape index (κ3) is 4.04. The summed E-state index contributed by atoms with van der Waals surface area (Å²) < 4.78 is 0. The van der Waals surface area contributed by atoms with E-state index in [1.807, 2.05) is 0 Å². The summed E-state index contributed by atoms with van der Waals surface area (Å²) in [5.74, 6) is 0. The standard InChI is InChI=1S/C13H28N2O/c1-4-7-14-8-10-15(11-9-14)12-13(16,5-2)6-3/h16H,4-12H2,1-3H3. The third-order valence-corrected chi connectivity index (χ3v) is 3.84. The van der Waals surface area contributed by atoms with Crippen molar-refractivity contribution in [3.63, 3.8) is 0 Å². The van der Waals surface area contributed by atoms with Gasteiger partial charge in [0.25, 0.3) is 0 Å². The van der Waals surface area contributed by atoms with Crippen LogP contribution in [0.2, 0.25) is 0 Å². The molecule has 0 aromatic heterocycles. The number of β-amino-alcohol motifs (C(OH)–C–C–N with tert-alkyl or cyclic N) is 1. The fourth-order valence-corrected chi connectivity index (χ4v) is 2.38. The molecule has 0 atom stereocenters. The maximum Gasteiger partial charge on any atom is 0.0768 e. The van der Waals surface area contributed by atoms with E-state index >= 15 is 0 Å². The van der Waals surface area contributed by atoms with Crippen LogP contribution >= 0.6 is 0 Å². The van der Waals surface area contributed by atoms with E-state index in [2.05, 4.69) is 30.6 Å². The zero-order valence-electron chi connectivity index (χ0n) is 11.2. The van der Waals surface area contributed by atoms with Crippen molar-refractivity contribution >= 4 is 0 Å². The van der Waals surface area contributed by atoms with E-state index in [-0.39, 0.29) is 0 Å². The van der Waals surface area contributed by atoms with Crippen molar-refractivity contribution in [2.45, 2.75) is 45.6 Å². The molecule has 0 spiro atoms. The molecule has 1 aliphatic heterocycles. The number of nitrogens with zero attached hydrogens (tertiary/aromatic N) is 2. The molecule has 0 radical (unpaired) electrons. The van der Waals surface area contributed by atoms with Crippen LogP contribution in [0.4, 0.5) is 0 Å². The highest BCUT2D eigenvalue weighted by molar-refractivity contribution is 4.82. The van der Waals surface area contributed by atoms with E-state index in [9.17, 15) is 5.11 Å². The van der Waals surface area contributed by atoms with Crippen molar-refractivity contribution in [2.75, 3.05) is 39.3 Å². The van der Waals surface area contributed by atoms with Crippen LogP contribution in [0.5, 0.6) is 0 Å². The lowest BCUT2D eigenvalue weighted by Crippen LogP contribution is -2.51. The molecule has 3 nitrogen and oxygen atoms in total. The van der Waals surface area contributed by atoms with Gasteiger partial charge < -0.3 is 10.0 Å². The van der Waals surface area contributed by atoms with Crippen molar-refractivity contribution in [3.05, 3.63) is 0 Å². The molecule has 16 heavy (non-hydrogen) atoms. The summed E-state index contributed by atoms with van der Waals surface area (Å²) in [6.45, 7) is 13.0. The molecule has 1 N–H and O–H groups in total. The van der Waals surface area contributed by atoms with E-state index in [1.165, 1.54) is 13.0 Å². The maximum absolute atomic E-state index is 10.3. The Balaban J connectivity index is 2.31. The second-order valence-corrected chi connectivity index (χ2v) is 5.05. The Kier molecular flexibility index (Phi) is 5.73. The van der Waals surface area contributed by atoms with Crippen molar-refractivity contribution in [1.82, 2.24) is 9.80 Å². The van der Waals surface area contributed by atoms with Gasteiger partial charge in [0.2, 0.25) is 0 Å². The number of aliphatic hydroxyl groups is 1. The molecule has 0 aromatic rings. The zero-order valence-corrected chi connectivity index (χ0v) is 11.2. The van der Waals surface area contributed by atoms with Gasteiger partial charge in [-0.25, -0.2) is 0 Å². The topological polar surface area (TPSA) is 26.7 Å². The van der Waals surface area contributed by atoms with Gasteiger partial charge in [0.15, 0.2) is 0 Å². The number of hydrogen-bond acceptors (Lipinski definition) is 3. The minimum atomic E-state index is -0.465. The third-order valence-electron chi connectivity index (χ3n) is 3.84. The summed E-state index contributed by atoms with van der Waals surface area (Å²) in [4.78, 5) is 4.94. The summed E-state index contributed by atoms with van der Waals surface area (Å²) in [7, 11) is 0. The molecule has 0 amide bonds. The average Bonchev–Trinajstić information content (AvgIpc) is 2.32. The average molecular weight is 228 g/mol. The van der Waals surface area contributed by atoms with Crippen LogP contribution in [0.25, 0.3) is 0 Å². The van der Waals surface area contributed by atoms with Crippen molar-refractivity contribution in [3.8, 4) is 0 Å². The Bertz CT molecular complexity index is 184. The molecule has 96 valence electrons. The molecule has 1 aliphatic rings. The first-order valence-electron chi connectivity index (χ1n) is 6.80. The van der Waals surface area contributed by atoms with Gasteiger partial charge >= 0.3 is 0 Å². The van der Waals surface area contributed by atoms with Gasteiger partial charge in [-0.1, -0.05) is 20.8 Å². The molecule has 1 heterocycles. The molecule has 1 fully saturated rings. The van der Waals surface area contributed by atoms with Crippen LogP contribution < -0.4 is 0 Å². The summed E-state index contributed by atoms with van der Waals surface area (Å²) >= 11 is 0. The fraction of sp³-hybridized carbons (Fsp3) is 1.00. The minimum absolute atomic E-state index is 0.465. The zero-order chi connectivity index (χ0) is 12.0. The molecule has 0 saturated carbocycles. The summed E-state index contributed by atoms with van der Waals surface area (Å²) in [6, 6.07) is 0. The predicted octanol–water partition coefficient (Wildman–Crippen LogP) is 1.57. The monoisotopic (exact) mass is 228 g/mol. The fourth-order valence-electron chi connectivity index (χ4n) is 2.38. The molecule has 0 aromatic carbocycles. The first-order chi connectivity index (χ1) is 7.63. The van der Waals surface area contributed by atoms with Gasteiger partial charge in [0.05, 0.1) is 5.60 Å². The Labute approximate surface area is 100 Å². The van der Waals surface area contributed by atoms with E-state index in [0.29, 0.717) is 0 Å². The SMILES string of the molecule is CCCN1CCN(CC(O)(CC)CC)CC1. The van der Waals surface area contributed by atoms with Gasteiger partial charge in [-0.05, 0) is 25.8 Å². The number of hydrogen-bond donors (Lipinski definition) is 1. The Hall–Kier alpha value is -0.120. The van der Waals surface area contributed by atoms with E-state index in [4.69, 9.17) is 0 Å². The second-order valence-electron chi connectivity index (χ2n) is 5.05. The molecule has 0 bridgehead atoms. The first-order valence-corrected chi connectivity index (χ1v) is 6.80. The quantitative estimate of drug-likeness (QED) is 0.747. The van der Waals surface area contributed by atoms with E-state index in [0.717, 1.165) is 45.6 Å². The molecule has 1 rings (SSSR count). The summed E-state index contributed by atoms with van der Waals surface area (Å²) in [5, 5.41) is 10.3. The first kappa shape index (κ1) is 13.9. The Morgan fingerprint density at radius 3 is 1.88 bits per heavy atom. The smallest absolute Gasteiger partial charge is 0.0768 e. The molecular formula is C13H28N2O. The maximum atomic E-state index is 10.3. The number of rotatable bonds is 6. The van der Waals surface area contributed by atoms with Crippen LogP contribution in [0.3, 0.4) is 0 Å². The van der Waals surface area contributed by atoms with Gasteiger partial charge in [-0.15, -0.1) is 0 Å². The van der Waals surface area contributed by atoms with Gasteiger partial charge in [-0.2, -0.15) is 0 Å².